The molecule has 1 rings (SSSR count). The van der Waals surface area contributed by atoms with E-state index < -0.39 is 52.9 Å². The van der Waals surface area contributed by atoms with E-state index in [1.54, 1.807) is 0 Å². The minimum atomic E-state index is -7.56. The summed E-state index contributed by atoms with van der Waals surface area (Å²) in [6, 6.07) is 1.72. The van der Waals surface area contributed by atoms with Crippen LogP contribution in [-0.2, 0) is 5.92 Å². The first-order valence-corrected chi connectivity index (χ1v) is 6.72. The van der Waals surface area contributed by atoms with Crippen LogP contribution in [0.2, 0.25) is 0 Å². The van der Waals surface area contributed by atoms with Gasteiger partial charge in [-0.1, -0.05) is 6.07 Å². The smallest absolute Gasteiger partial charge is 0.385 e. The van der Waals surface area contributed by atoms with Gasteiger partial charge in [0.2, 0.25) is 0 Å². The summed E-state index contributed by atoms with van der Waals surface area (Å²) in [4.78, 5) is 0. The van der Waals surface area contributed by atoms with Crippen LogP contribution in [0.15, 0.2) is 18.2 Å². The Bertz CT molecular complexity index is 683. The zero-order chi connectivity index (χ0) is 21.6. The summed E-state index contributed by atoms with van der Waals surface area (Å²) in [7, 11) is 0.872. The first kappa shape index (κ1) is 23.2. The Morgan fingerprint density at radius 3 is 1.67 bits per heavy atom. The number of hydrogen-bond donors (Lipinski definition) is 0. The second-order valence-electron chi connectivity index (χ2n) is 5.40. The summed E-state index contributed by atoms with van der Waals surface area (Å²) in [5, 5.41) is 0. The first-order valence-electron chi connectivity index (χ1n) is 6.72. The van der Waals surface area contributed by atoms with Crippen LogP contribution >= 0.6 is 0 Å². The molecule has 1 aromatic rings. The zero-order valence-corrected chi connectivity index (χ0v) is 13.3. The summed E-state index contributed by atoms with van der Waals surface area (Å²) in [6.45, 7) is 0.711. The van der Waals surface area contributed by atoms with E-state index in [0.717, 1.165) is 13.2 Å². The van der Waals surface area contributed by atoms with Crippen molar-refractivity contribution in [3.05, 3.63) is 29.3 Å². The maximum atomic E-state index is 14.1. The number of hydrogen-bond acceptors (Lipinski definition) is 1. The molecule has 1 nitrogen and oxygen atoms in total. The van der Waals surface area contributed by atoms with Crippen LogP contribution in [0.1, 0.15) is 11.1 Å². The van der Waals surface area contributed by atoms with Crippen molar-refractivity contribution in [1.29, 1.82) is 0 Å². The molecule has 0 aliphatic carbocycles. The van der Waals surface area contributed by atoms with Crippen LogP contribution < -0.4 is 4.74 Å². The van der Waals surface area contributed by atoms with E-state index in [1.807, 2.05) is 0 Å². The van der Waals surface area contributed by atoms with Gasteiger partial charge in [0, 0.05) is 5.56 Å². The first-order chi connectivity index (χ1) is 11.9. The standard InChI is InChI=1S/C14H10F12O/c1-6-3-4-7(27-2)5-8(6)10(17,18)12(21,22)14(25,26)13(23,24)11(19,20)9(15)16/h3-5,9H,1-2H3. The number of benzene rings is 1. The highest BCUT2D eigenvalue weighted by Crippen LogP contribution is 2.60. The van der Waals surface area contributed by atoms with E-state index in [9.17, 15) is 52.7 Å². The van der Waals surface area contributed by atoms with Gasteiger partial charge in [0.15, 0.2) is 0 Å². The lowest BCUT2D eigenvalue weighted by Gasteiger charge is -2.39. The Kier molecular flexibility index (Phi) is 5.72. The number of halogens is 12. The predicted molar refractivity (Wildman–Crippen MR) is 67.4 cm³/mol. The van der Waals surface area contributed by atoms with E-state index in [4.69, 9.17) is 0 Å². The zero-order valence-electron chi connectivity index (χ0n) is 13.3. The topological polar surface area (TPSA) is 9.23 Å². The van der Waals surface area contributed by atoms with Crippen LogP contribution in [0.25, 0.3) is 0 Å². The largest absolute Gasteiger partial charge is 0.497 e. The molecular formula is C14H10F12O. The molecule has 0 aliphatic heterocycles. The Hall–Kier alpha value is -1.82. The third-order valence-electron chi connectivity index (χ3n) is 3.66. The van der Waals surface area contributed by atoms with Crippen molar-refractivity contribution >= 4 is 0 Å². The van der Waals surface area contributed by atoms with Crippen LogP contribution in [0.5, 0.6) is 5.75 Å². The molecule has 0 radical (unpaired) electrons. The van der Waals surface area contributed by atoms with E-state index in [0.29, 0.717) is 13.0 Å². The van der Waals surface area contributed by atoms with Gasteiger partial charge in [0.25, 0.3) is 0 Å². The molecule has 0 fully saturated rings. The van der Waals surface area contributed by atoms with Gasteiger partial charge in [-0.25, -0.2) is 8.78 Å². The molecule has 0 saturated heterocycles. The number of methoxy groups -OCH3 is 1. The van der Waals surface area contributed by atoms with Gasteiger partial charge in [-0.05, 0) is 24.6 Å². The molecule has 0 atom stereocenters. The van der Waals surface area contributed by atoms with Gasteiger partial charge in [-0.3, -0.25) is 0 Å². The summed E-state index contributed by atoms with van der Waals surface area (Å²) in [6.07, 6.45) is -5.53. The lowest BCUT2D eigenvalue weighted by Crippen LogP contribution is -2.67. The molecule has 0 spiro atoms. The van der Waals surface area contributed by atoms with E-state index in [1.165, 1.54) is 0 Å². The van der Waals surface area contributed by atoms with Gasteiger partial charge in [0.05, 0.1) is 7.11 Å². The fourth-order valence-electron chi connectivity index (χ4n) is 1.98. The van der Waals surface area contributed by atoms with Crippen molar-refractivity contribution in [2.75, 3.05) is 7.11 Å². The highest BCUT2D eigenvalue weighted by molar-refractivity contribution is 5.39. The highest BCUT2D eigenvalue weighted by atomic mass is 19.4. The molecule has 0 bridgehead atoms. The van der Waals surface area contributed by atoms with Gasteiger partial charge < -0.3 is 4.74 Å². The molecule has 0 N–H and O–H groups in total. The van der Waals surface area contributed by atoms with Gasteiger partial charge in [0.1, 0.15) is 5.75 Å². The Morgan fingerprint density at radius 2 is 1.26 bits per heavy atom. The fourth-order valence-corrected chi connectivity index (χ4v) is 1.98. The van der Waals surface area contributed by atoms with E-state index in [-0.39, 0.29) is 6.07 Å². The Morgan fingerprint density at radius 1 is 0.778 bits per heavy atom. The summed E-state index contributed by atoms with van der Waals surface area (Å²) < 4.78 is 163. The average Bonchev–Trinajstić information content (AvgIpc) is 2.54. The molecule has 0 unspecified atom stereocenters. The molecule has 27 heavy (non-hydrogen) atoms. The second kappa shape index (κ2) is 6.66. The third-order valence-corrected chi connectivity index (χ3v) is 3.66. The minimum Gasteiger partial charge on any atom is -0.497 e. The molecule has 0 amide bonds. The summed E-state index contributed by atoms with van der Waals surface area (Å²) in [5.41, 5.74) is -2.75. The molecule has 0 saturated carbocycles. The maximum Gasteiger partial charge on any atom is 0.385 e. The van der Waals surface area contributed by atoms with Crippen molar-refractivity contribution in [3.63, 3.8) is 0 Å². The van der Waals surface area contributed by atoms with E-state index in [2.05, 4.69) is 4.74 Å². The molecule has 0 aliphatic rings. The van der Waals surface area contributed by atoms with Crippen molar-refractivity contribution in [2.24, 2.45) is 0 Å². The molecule has 0 heterocycles. The molecule has 0 aromatic heterocycles. The van der Waals surface area contributed by atoms with Crippen molar-refractivity contribution in [3.8, 4) is 5.75 Å². The summed E-state index contributed by atoms with van der Waals surface area (Å²) >= 11 is 0. The van der Waals surface area contributed by atoms with Crippen molar-refractivity contribution in [1.82, 2.24) is 0 Å². The average molecular weight is 422 g/mol. The fraction of sp³-hybridized carbons (Fsp3) is 0.571. The highest BCUT2D eigenvalue weighted by Gasteiger charge is 2.88. The quantitative estimate of drug-likeness (QED) is 0.497. The molecule has 1 aromatic carbocycles. The van der Waals surface area contributed by atoms with Gasteiger partial charge >= 0.3 is 36.0 Å². The number of rotatable bonds is 7. The number of aryl methyl sites for hydroxylation is 1. The normalized spacial score (nSPS) is 14.6. The lowest BCUT2D eigenvalue weighted by molar-refractivity contribution is -0.415. The minimum absolute atomic E-state index is 0.0999. The third kappa shape index (κ3) is 3.18. The molecule has 156 valence electrons. The van der Waals surface area contributed by atoms with Crippen LogP contribution in [0, 0.1) is 6.92 Å². The van der Waals surface area contributed by atoms with Gasteiger partial charge in [-0.2, -0.15) is 43.9 Å². The summed E-state index contributed by atoms with van der Waals surface area (Å²) in [5.74, 6) is -36.0. The van der Waals surface area contributed by atoms with Gasteiger partial charge in [-0.15, -0.1) is 0 Å². The number of ether oxygens (including phenoxy) is 1. The molecule has 13 heteroatoms. The van der Waals surface area contributed by atoms with Crippen molar-refractivity contribution < 1.29 is 57.4 Å². The molecular weight excluding hydrogens is 412 g/mol. The predicted octanol–water partition coefficient (Wildman–Crippen LogP) is 5.90. The SMILES string of the molecule is COc1ccc(C)c(C(F)(F)C(F)(F)C(F)(F)C(F)(F)C(F)(F)C(F)F)c1. The van der Waals surface area contributed by atoms with Crippen LogP contribution in [0.4, 0.5) is 52.7 Å². The Balaban J connectivity index is 3.63. The van der Waals surface area contributed by atoms with Crippen molar-refractivity contribution in [2.45, 2.75) is 43.0 Å². The second-order valence-corrected chi connectivity index (χ2v) is 5.40. The lowest BCUT2D eigenvalue weighted by atomic mass is 9.89. The number of alkyl halides is 12. The van der Waals surface area contributed by atoms with Crippen LogP contribution in [0.3, 0.4) is 0 Å². The maximum absolute atomic E-state index is 14.1. The monoisotopic (exact) mass is 422 g/mol. The Labute approximate surface area is 143 Å². The van der Waals surface area contributed by atoms with E-state index >= 15 is 0 Å². The van der Waals surface area contributed by atoms with Crippen LogP contribution in [-0.4, -0.2) is 37.2 Å².